The number of aromatic nitrogens is 2. The molecule has 2 heterocycles. The fraction of sp³-hybridized carbons (Fsp3) is 0.368. The SMILES string of the molecule is CN(CCCN=Cc1ccccn1)CCCN=Cc1ccccn1. The number of aliphatic imine (C=N–C) groups is 2. The second kappa shape index (κ2) is 11.2. The molecule has 0 amide bonds. The molecule has 5 nitrogen and oxygen atoms in total. The predicted molar refractivity (Wildman–Crippen MR) is 100 cm³/mol. The van der Waals surface area contributed by atoms with E-state index < -0.39 is 0 Å². The van der Waals surface area contributed by atoms with E-state index in [9.17, 15) is 0 Å². The molecule has 0 aliphatic rings. The molecule has 0 atom stereocenters. The maximum atomic E-state index is 4.41. The molecule has 2 rings (SSSR count). The lowest BCUT2D eigenvalue weighted by molar-refractivity contribution is 0.329. The highest BCUT2D eigenvalue weighted by Crippen LogP contribution is 1.94. The van der Waals surface area contributed by atoms with Gasteiger partial charge in [-0.1, -0.05) is 12.1 Å². The van der Waals surface area contributed by atoms with Crippen molar-refractivity contribution >= 4 is 12.4 Å². The summed E-state index contributed by atoms with van der Waals surface area (Å²) in [6.45, 7) is 3.75. The minimum absolute atomic E-state index is 0.832. The Balaban J connectivity index is 1.51. The number of pyridine rings is 2. The summed E-state index contributed by atoms with van der Waals surface area (Å²) in [7, 11) is 2.14. The van der Waals surface area contributed by atoms with Crippen LogP contribution in [0.15, 0.2) is 58.8 Å². The van der Waals surface area contributed by atoms with Crippen molar-refractivity contribution in [2.45, 2.75) is 12.8 Å². The van der Waals surface area contributed by atoms with Crippen LogP contribution in [0.3, 0.4) is 0 Å². The van der Waals surface area contributed by atoms with Crippen LogP contribution in [0.25, 0.3) is 0 Å². The van der Waals surface area contributed by atoms with Gasteiger partial charge in [0, 0.05) is 37.9 Å². The summed E-state index contributed by atoms with van der Waals surface area (Å²) >= 11 is 0. The maximum absolute atomic E-state index is 4.41. The highest BCUT2D eigenvalue weighted by atomic mass is 15.1. The predicted octanol–water partition coefficient (Wildman–Crippen LogP) is 2.73. The van der Waals surface area contributed by atoms with Gasteiger partial charge in [0.05, 0.1) is 11.4 Å². The summed E-state index contributed by atoms with van der Waals surface area (Å²) in [5.41, 5.74) is 1.83. The van der Waals surface area contributed by atoms with Crippen LogP contribution >= 0.6 is 0 Å². The monoisotopic (exact) mass is 323 g/mol. The molecule has 24 heavy (non-hydrogen) atoms. The van der Waals surface area contributed by atoms with Gasteiger partial charge in [-0.05, 0) is 57.2 Å². The summed E-state index contributed by atoms with van der Waals surface area (Å²) in [5, 5.41) is 0. The van der Waals surface area contributed by atoms with Crippen molar-refractivity contribution in [2.75, 3.05) is 33.2 Å². The smallest absolute Gasteiger partial charge is 0.0807 e. The first-order valence-electron chi connectivity index (χ1n) is 8.35. The van der Waals surface area contributed by atoms with Crippen molar-refractivity contribution in [3.63, 3.8) is 0 Å². The summed E-state index contributed by atoms with van der Waals surface area (Å²) in [6.07, 6.45) is 9.35. The average molecular weight is 323 g/mol. The molecule has 0 spiro atoms. The van der Waals surface area contributed by atoms with E-state index >= 15 is 0 Å². The second-order valence-corrected chi connectivity index (χ2v) is 5.59. The van der Waals surface area contributed by atoms with Gasteiger partial charge in [-0.25, -0.2) is 0 Å². The highest BCUT2D eigenvalue weighted by Gasteiger charge is 1.97. The van der Waals surface area contributed by atoms with Crippen molar-refractivity contribution in [2.24, 2.45) is 9.98 Å². The third kappa shape index (κ3) is 7.74. The lowest BCUT2D eigenvalue weighted by atomic mass is 10.3. The zero-order valence-electron chi connectivity index (χ0n) is 14.3. The molecule has 0 aliphatic carbocycles. The fourth-order valence-corrected chi connectivity index (χ4v) is 2.20. The van der Waals surface area contributed by atoms with Gasteiger partial charge in [0.25, 0.3) is 0 Å². The van der Waals surface area contributed by atoms with Gasteiger partial charge in [-0.2, -0.15) is 0 Å². The van der Waals surface area contributed by atoms with Crippen LogP contribution in [-0.4, -0.2) is 60.5 Å². The molecule has 126 valence electrons. The van der Waals surface area contributed by atoms with Gasteiger partial charge < -0.3 is 4.90 Å². The van der Waals surface area contributed by atoms with Crippen molar-refractivity contribution < 1.29 is 0 Å². The first-order chi connectivity index (χ1) is 11.8. The first-order valence-corrected chi connectivity index (χ1v) is 8.35. The van der Waals surface area contributed by atoms with E-state index in [1.807, 2.05) is 48.8 Å². The van der Waals surface area contributed by atoms with Gasteiger partial charge >= 0.3 is 0 Å². The Bertz CT molecular complexity index is 555. The quantitative estimate of drug-likeness (QED) is 0.499. The van der Waals surface area contributed by atoms with E-state index in [1.54, 1.807) is 12.4 Å². The molecule has 2 aromatic rings. The second-order valence-electron chi connectivity index (χ2n) is 5.59. The number of hydrogen-bond donors (Lipinski definition) is 0. The molecule has 0 unspecified atom stereocenters. The minimum atomic E-state index is 0.832. The normalized spacial score (nSPS) is 11.8. The summed E-state index contributed by atoms with van der Waals surface area (Å²) in [5.74, 6) is 0. The van der Waals surface area contributed by atoms with E-state index in [4.69, 9.17) is 0 Å². The Morgan fingerprint density at radius 1 is 0.833 bits per heavy atom. The molecular formula is C19H25N5. The van der Waals surface area contributed by atoms with Crippen LogP contribution in [0, 0.1) is 0 Å². The number of rotatable bonds is 10. The molecule has 0 N–H and O–H groups in total. The minimum Gasteiger partial charge on any atom is -0.306 e. The summed E-state index contributed by atoms with van der Waals surface area (Å²) in [4.78, 5) is 19.6. The zero-order chi connectivity index (χ0) is 16.9. The van der Waals surface area contributed by atoms with E-state index in [0.29, 0.717) is 0 Å². The molecular weight excluding hydrogens is 298 g/mol. The van der Waals surface area contributed by atoms with Crippen molar-refractivity contribution in [3.05, 3.63) is 60.2 Å². The molecule has 0 aromatic carbocycles. The van der Waals surface area contributed by atoms with Crippen molar-refractivity contribution in [3.8, 4) is 0 Å². The van der Waals surface area contributed by atoms with Crippen LogP contribution in [0.5, 0.6) is 0 Å². The van der Waals surface area contributed by atoms with E-state index in [0.717, 1.165) is 50.4 Å². The Kier molecular flexibility index (Phi) is 8.36. The zero-order valence-corrected chi connectivity index (χ0v) is 14.3. The number of hydrogen-bond acceptors (Lipinski definition) is 5. The Morgan fingerprint density at radius 3 is 1.75 bits per heavy atom. The molecule has 0 bridgehead atoms. The van der Waals surface area contributed by atoms with E-state index in [-0.39, 0.29) is 0 Å². The van der Waals surface area contributed by atoms with Gasteiger partial charge in [0.2, 0.25) is 0 Å². The summed E-state index contributed by atoms with van der Waals surface area (Å²) in [6, 6.07) is 11.7. The molecule has 0 fully saturated rings. The van der Waals surface area contributed by atoms with Crippen LogP contribution in [0.2, 0.25) is 0 Å². The molecule has 0 aliphatic heterocycles. The fourth-order valence-electron chi connectivity index (χ4n) is 2.20. The van der Waals surface area contributed by atoms with Crippen LogP contribution in [0.1, 0.15) is 24.2 Å². The van der Waals surface area contributed by atoms with Gasteiger partial charge in [0.15, 0.2) is 0 Å². The molecule has 0 saturated heterocycles. The third-order valence-electron chi connectivity index (χ3n) is 3.48. The number of nitrogens with zero attached hydrogens (tertiary/aromatic N) is 5. The maximum Gasteiger partial charge on any atom is 0.0807 e. The lowest BCUT2D eigenvalue weighted by Gasteiger charge is -2.14. The van der Waals surface area contributed by atoms with Crippen LogP contribution in [-0.2, 0) is 0 Å². The Morgan fingerprint density at radius 2 is 1.33 bits per heavy atom. The van der Waals surface area contributed by atoms with Gasteiger partial charge in [-0.15, -0.1) is 0 Å². The van der Waals surface area contributed by atoms with E-state index in [1.165, 1.54) is 0 Å². The molecule has 0 saturated carbocycles. The van der Waals surface area contributed by atoms with E-state index in [2.05, 4.69) is 31.9 Å². The van der Waals surface area contributed by atoms with Gasteiger partial charge in [-0.3, -0.25) is 20.0 Å². The lowest BCUT2D eigenvalue weighted by Crippen LogP contribution is -2.22. The Hall–Kier alpha value is -2.40. The van der Waals surface area contributed by atoms with Crippen LogP contribution in [0.4, 0.5) is 0 Å². The Labute approximate surface area is 144 Å². The standard InChI is InChI=1S/C19H25N5/c1-24(14-6-10-20-16-18-8-2-4-12-22-18)15-7-11-21-17-19-9-3-5-13-23-19/h2-5,8-9,12-13,16-17H,6-7,10-11,14-15H2,1H3. The van der Waals surface area contributed by atoms with Gasteiger partial charge in [0.1, 0.15) is 0 Å². The third-order valence-corrected chi connectivity index (χ3v) is 3.48. The average Bonchev–Trinajstić information content (AvgIpc) is 2.63. The van der Waals surface area contributed by atoms with Crippen LogP contribution < -0.4 is 0 Å². The first kappa shape index (κ1) is 17.9. The van der Waals surface area contributed by atoms with Crippen molar-refractivity contribution in [1.82, 2.24) is 14.9 Å². The summed E-state index contributed by atoms with van der Waals surface area (Å²) < 4.78 is 0. The topological polar surface area (TPSA) is 53.7 Å². The molecule has 0 radical (unpaired) electrons. The molecule has 2 aromatic heterocycles. The molecule has 5 heteroatoms. The highest BCUT2D eigenvalue weighted by molar-refractivity contribution is 5.77. The van der Waals surface area contributed by atoms with Crippen molar-refractivity contribution in [1.29, 1.82) is 0 Å². The largest absolute Gasteiger partial charge is 0.306 e.